The maximum absolute atomic E-state index is 14.6. The van der Waals surface area contributed by atoms with Gasteiger partial charge in [0.05, 0.1) is 24.7 Å². The van der Waals surface area contributed by atoms with E-state index < -0.39 is 10.8 Å². The van der Waals surface area contributed by atoms with E-state index in [1.54, 1.807) is 14.2 Å². The largest absolute Gasteiger partial charge is 0.497 e. The van der Waals surface area contributed by atoms with Crippen molar-refractivity contribution in [2.24, 2.45) is 0 Å². The molecule has 0 aliphatic heterocycles. The molecule has 0 fully saturated rings. The van der Waals surface area contributed by atoms with Gasteiger partial charge < -0.3 is 9.47 Å². The molecule has 4 aromatic carbocycles. The minimum atomic E-state index is -1.31. The number of hydrogen-bond donors (Lipinski definition) is 0. The van der Waals surface area contributed by atoms with Gasteiger partial charge in [0.25, 0.3) is 0 Å². The van der Waals surface area contributed by atoms with E-state index in [-0.39, 0.29) is 10.5 Å². The standard InChI is InChI=1S/C30H30O3S/c1-21-5-9-23(10-6-21)29(25-13-17-27(32-3)18-14-25)34(31)30(24-11-7-22(2)8-12-24)26-15-19-28(33-4)20-16-26/h5-20,29-30H,1-4H3. The van der Waals surface area contributed by atoms with Crippen LogP contribution in [0.15, 0.2) is 97.1 Å². The lowest BCUT2D eigenvalue weighted by molar-refractivity contribution is 0.414. The average Bonchev–Trinajstić information content (AvgIpc) is 2.87. The normalized spacial score (nSPS) is 13.6. The zero-order valence-electron chi connectivity index (χ0n) is 20.0. The van der Waals surface area contributed by atoms with Crippen molar-refractivity contribution in [2.75, 3.05) is 14.2 Å². The summed E-state index contributed by atoms with van der Waals surface area (Å²) in [4.78, 5) is 0. The Hall–Kier alpha value is -3.37. The first-order valence-corrected chi connectivity index (χ1v) is 12.6. The summed E-state index contributed by atoms with van der Waals surface area (Å²) in [6, 6.07) is 32.5. The van der Waals surface area contributed by atoms with Gasteiger partial charge in [-0.2, -0.15) is 0 Å². The second kappa shape index (κ2) is 10.7. The van der Waals surface area contributed by atoms with Gasteiger partial charge in [-0.3, -0.25) is 4.21 Å². The molecule has 0 aliphatic rings. The molecular formula is C30H30O3S. The lowest BCUT2D eigenvalue weighted by Crippen LogP contribution is -2.17. The third kappa shape index (κ3) is 5.23. The van der Waals surface area contributed by atoms with E-state index in [1.165, 1.54) is 11.1 Å². The molecule has 0 saturated heterocycles. The first-order chi connectivity index (χ1) is 16.5. The van der Waals surface area contributed by atoms with E-state index in [0.29, 0.717) is 0 Å². The molecule has 4 aromatic rings. The van der Waals surface area contributed by atoms with Crippen LogP contribution in [0.5, 0.6) is 11.5 Å². The highest BCUT2D eigenvalue weighted by molar-refractivity contribution is 7.86. The highest BCUT2D eigenvalue weighted by Crippen LogP contribution is 2.40. The second-order valence-corrected chi connectivity index (χ2v) is 10.1. The number of benzene rings is 4. The molecule has 0 aliphatic carbocycles. The molecule has 0 N–H and O–H groups in total. The molecule has 2 unspecified atom stereocenters. The van der Waals surface area contributed by atoms with Crippen LogP contribution >= 0.6 is 0 Å². The van der Waals surface area contributed by atoms with Gasteiger partial charge >= 0.3 is 0 Å². The molecular weight excluding hydrogens is 440 g/mol. The number of methoxy groups -OCH3 is 2. The monoisotopic (exact) mass is 470 g/mol. The molecule has 2 atom stereocenters. The van der Waals surface area contributed by atoms with Crippen LogP contribution in [-0.2, 0) is 10.8 Å². The summed E-state index contributed by atoms with van der Waals surface area (Å²) in [6.45, 7) is 4.13. The van der Waals surface area contributed by atoms with Crippen LogP contribution in [0.3, 0.4) is 0 Å². The minimum absolute atomic E-state index is 0.306. The molecule has 0 spiro atoms. The van der Waals surface area contributed by atoms with Crippen molar-refractivity contribution in [3.05, 3.63) is 130 Å². The van der Waals surface area contributed by atoms with Gasteiger partial charge in [-0.25, -0.2) is 0 Å². The average molecular weight is 471 g/mol. The number of aryl methyl sites for hydroxylation is 2. The maximum atomic E-state index is 14.6. The number of rotatable bonds is 8. The van der Waals surface area contributed by atoms with Crippen LogP contribution in [0.1, 0.15) is 43.9 Å². The van der Waals surface area contributed by atoms with E-state index in [1.807, 2.05) is 48.5 Å². The lowest BCUT2D eigenvalue weighted by atomic mass is 10.0. The second-order valence-electron chi connectivity index (χ2n) is 8.46. The Morgan fingerprint density at radius 3 is 1.03 bits per heavy atom. The van der Waals surface area contributed by atoms with Gasteiger partial charge in [0.1, 0.15) is 11.5 Å². The fraction of sp³-hybridized carbons (Fsp3) is 0.200. The summed E-state index contributed by atoms with van der Waals surface area (Å²) in [5.74, 6) is 1.56. The molecule has 0 amide bonds. The molecule has 0 saturated carbocycles. The van der Waals surface area contributed by atoms with Crippen LogP contribution in [0.4, 0.5) is 0 Å². The Balaban J connectivity index is 1.85. The van der Waals surface area contributed by atoms with E-state index in [2.05, 4.69) is 62.4 Å². The van der Waals surface area contributed by atoms with E-state index in [9.17, 15) is 4.21 Å². The quantitative estimate of drug-likeness (QED) is 0.280. The molecule has 4 rings (SSSR count). The Morgan fingerprint density at radius 1 is 0.500 bits per heavy atom. The minimum Gasteiger partial charge on any atom is -0.497 e. The van der Waals surface area contributed by atoms with Crippen molar-refractivity contribution < 1.29 is 13.7 Å². The number of hydrogen-bond acceptors (Lipinski definition) is 3. The van der Waals surface area contributed by atoms with E-state index >= 15 is 0 Å². The third-order valence-electron chi connectivity index (χ3n) is 6.06. The van der Waals surface area contributed by atoms with E-state index in [0.717, 1.165) is 33.8 Å². The zero-order valence-corrected chi connectivity index (χ0v) is 20.8. The van der Waals surface area contributed by atoms with Gasteiger partial charge in [0, 0.05) is 10.8 Å². The van der Waals surface area contributed by atoms with Crippen molar-refractivity contribution in [3.63, 3.8) is 0 Å². The first-order valence-electron chi connectivity index (χ1n) is 11.3. The van der Waals surface area contributed by atoms with Crippen molar-refractivity contribution in [3.8, 4) is 11.5 Å². The van der Waals surface area contributed by atoms with Crippen LogP contribution in [0.25, 0.3) is 0 Å². The summed E-state index contributed by atoms with van der Waals surface area (Å²) in [5, 5.41) is -0.611. The SMILES string of the molecule is COc1ccc(C(c2ccc(C)cc2)S(=O)C(c2ccc(C)cc2)c2ccc(OC)cc2)cc1. The van der Waals surface area contributed by atoms with Crippen LogP contribution < -0.4 is 9.47 Å². The molecule has 0 radical (unpaired) electrons. The van der Waals surface area contributed by atoms with Gasteiger partial charge in [-0.15, -0.1) is 0 Å². The fourth-order valence-electron chi connectivity index (χ4n) is 4.10. The summed E-state index contributed by atoms with van der Waals surface area (Å²) < 4.78 is 25.3. The van der Waals surface area contributed by atoms with Gasteiger partial charge in [-0.1, -0.05) is 83.9 Å². The van der Waals surface area contributed by atoms with Crippen molar-refractivity contribution in [2.45, 2.75) is 24.3 Å². The van der Waals surface area contributed by atoms with Crippen LogP contribution in [0.2, 0.25) is 0 Å². The zero-order chi connectivity index (χ0) is 24.1. The number of ether oxygens (including phenoxy) is 2. The molecule has 4 heteroatoms. The van der Waals surface area contributed by atoms with Crippen molar-refractivity contribution >= 4 is 10.8 Å². The third-order valence-corrected chi connectivity index (χ3v) is 8.08. The summed E-state index contributed by atoms with van der Waals surface area (Å²) in [6.07, 6.45) is 0. The van der Waals surface area contributed by atoms with Crippen LogP contribution in [-0.4, -0.2) is 18.4 Å². The van der Waals surface area contributed by atoms with Gasteiger partial charge in [0.2, 0.25) is 0 Å². The molecule has 3 nitrogen and oxygen atoms in total. The van der Waals surface area contributed by atoms with Gasteiger partial charge in [0.15, 0.2) is 0 Å². The highest BCUT2D eigenvalue weighted by Gasteiger charge is 2.31. The molecule has 34 heavy (non-hydrogen) atoms. The van der Waals surface area contributed by atoms with Gasteiger partial charge in [-0.05, 0) is 60.4 Å². The summed E-state index contributed by atoms with van der Waals surface area (Å²) in [7, 11) is 2.00. The molecule has 0 bridgehead atoms. The Labute approximate surface area is 204 Å². The predicted molar refractivity (Wildman–Crippen MR) is 140 cm³/mol. The Kier molecular flexibility index (Phi) is 7.49. The maximum Gasteiger partial charge on any atom is 0.118 e. The van der Waals surface area contributed by atoms with Crippen molar-refractivity contribution in [1.29, 1.82) is 0 Å². The molecule has 0 aromatic heterocycles. The highest BCUT2D eigenvalue weighted by atomic mass is 32.2. The first kappa shape index (κ1) is 23.8. The molecule has 0 heterocycles. The topological polar surface area (TPSA) is 35.5 Å². The molecule has 174 valence electrons. The fourth-order valence-corrected chi connectivity index (χ4v) is 6.07. The summed E-state index contributed by atoms with van der Waals surface area (Å²) >= 11 is 0. The smallest absolute Gasteiger partial charge is 0.118 e. The predicted octanol–water partition coefficient (Wildman–Crippen LogP) is 6.95. The van der Waals surface area contributed by atoms with Crippen molar-refractivity contribution in [1.82, 2.24) is 0 Å². The Bertz CT molecular complexity index is 1130. The Morgan fingerprint density at radius 2 is 0.765 bits per heavy atom. The summed E-state index contributed by atoms with van der Waals surface area (Å²) in [5.41, 5.74) is 6.39. The van der Waals surface area contributed by atoms with Crippen LogP contribution in [0, 0.1) is 13.8 Å². The van der Waals surface area contributed by atoms with E-state index in [4.69, 9.17) is 9.47 Å². The lowest BCUT2D eigenvalue weighted by Gasteiger charge is -2.26.